The molecule has 6 heteroatoms. The van der Waals surface area contributed by atoms with E-state index in [1.54, 1.807) is 13.8 Å². The molecule has 2 amide bonds. The van der Waals surface area contributed by atoms with Crippen molar-refractivity contribution < 1.29 is 9.59 Å². The highest BCUT2D eigenvalue weighted by Crippen LogP contribution is 2.01. The van der Waals surface area contributed by atoms with Gasteiger partial charge in [-0.05, 0) is 24.2 Å². The van der Waals surface area contributed by atoms with E-state index in [1.807, 2.05) is 30.3 Å². The summed E-state index contributed by atoms with van der Waals surface area (Å²) in [6, 6.07) is 9.73. The van der Waals surface area contributed by atoms with Crippen molar-refractivity contribution in [3.8, 4) is 0 Å². The zero-order valence-corrected chi connectivity index (χ0v) is 12.4. The summed E-state index contributed by atoms with van der Waals surface area (Å²) >= 11 is 4.89. The van der Waals surface area contributed by atoms with Crippen LogP contribution in [0.4, 0.5) is 0 Å². The summed E-state index contributed by atoms with van der Waals surface area (Å²) in [6.07, 6.45) is 0.997. The summed E-state index contributed by atoms with van der Waals surface area (Å²) < 4.78 is 0. The Morgan fingerprint density at radius 2 is 1.80 bits per heavy atom. The Morgan fingerprint density at radius 3 is 2.40 bits per heavy atom. The molecule has 0 aromatic heterocycles. The fourth-order valence-corrected chi connectivity index (χ4v) is 1.53. The Balaban J connectivity index is 2.23. The molecule has 20 heavy (non-hydrogen) atoms. The summed E-state index contributed by atoms with van der Waals surface area (Å²) in [6.45, 7) is 3.52. The molecular weight excluding hydrogens is 274 g/mol. The molecule has 0 saturated carbocycles. The second kappa shape index (κ2) is 8.27. The number of rotatable bonds is 4. The molecular formula is C14H19N3O2S. The van der Waals surface area contributed by atoms with Gasteiger partial charge in [0.1, 0.15) is 0 Å². The Bertz CT molecular complexity index is 475. The highest BCUT2D eigenvalue weighted by atomic mass is 32.1. The van der Waals surface area contributed by atoms with Crippen LogP contribution in [0.1, 0.15) is 25.8 Å². The van der Waals surface area contributed by atoms with E-state index in [9.17, 15) is 9.59 Å². The first kappa shape index (κ1) is 16.1. The van der Waals surface area contributed by atoms with Crippen molar-refractivity contribution in [1.29, 1.82) is 0 Å². The topological polar surface area (TPSA) is 70.2 Å². The van der Waals surface area contributed by atoms with E-state index >= 15 is 0 Å². The molecule has 0 aliphatic heterocycles. The lowest BCUT2D eigenvalue weighted by Gasteiger charge is -2.11. The molecule has 0 fully saturated rings. The smallest absolute Gasteiger partial charge is 0.238 e. The van der Waals surface area contributed by atoms with Crippen molar-refractivity contribution in [2.45, 2.75) is 26.7 Å². The van der Waals surface area contributed by atoms with Crippen LogP contribution in [-0.4, -0.2) is 16.9 Å². The van der Waals surface area contributed by atoms with Gasteiger partial charge in [0.2, 0.25) is 11.8 Å². The minimum atomic E-state index is -0.193. The summed E-state index contributed by atoms with van der Waals surface area (Å²) in [5.41, 5.74) is 6.05. The Hall–Kier alpha value is -1.95. The number of carbonyl (C=O) groups is 2. The average Bonchev–Trinajstić information content (AvgIpc) is 2.43. The molecule has 1 aromatic rings. The van der Waals surface area contributed by atoms with Gasteiger partial charge in [0.15, 0.2) is 5.11 Å². The maximum absolute atomic E-state index is 11.6. The summed E-state index contributed by atoms with van der Waals surface area (Å²) in [4.78, 5) is 23.0. The van der Waals surface area contributed by atoms with Crippen LogP contribution in [0.5, 0.6) is 0 Å². The predicted octanol–water partition coefficient (Wildman–Crippen LogP) is 1.30. The van der Waals surface area contributed by atoms with E-state index in [2.05, 4.69) is 16.2 Å². The van der Waals surface area contributed by atoms with Crippen molar-refractivity contribution in [1.82, 2.24) is 16.2 Å². The van der Waals surface area contributed by atoms with Crippen LogP contribution in [0.25, 0.3) is 0 Å². The average molecular weight is 293 g/mol. The van der Waals surface area contributed by atoms with Crippen LogP contribution >= 0.6 is 12.2 Å². The van der Waals surface area contributed by atoms with Gasteiger partial charge in [-0.15, -0.1) is 0 Å². The maximum Gasteiger partial charge on any atom is 0.238 e. The minimum Gasteiger partial charge on any atom is -0.302 e. The van der Waals surface area contributed by atoms with E-state index in [0.29, 0.717) is 12.8 Å². The fraction of sp³-hybridized carbons (Fsp3) is 0.357. The third-order valence-electron chi connectivity index (χ3n) is 2.56. The number of benzene rings is 1. The van der Waals surface area contributed by atoms with Crippen LogP contribution in [0, 0.1) is 5.92 Å². The summed E-state index contributed by atoms with van der Waals surface area (Å²) in [5.74, 6) is -0.542. The fourth-order valence-electron chi connectivity index (χ4n) is 1.38. The summed E-state index contributed by atoms with van der Waals surface area (Å²) in [7, 11) is 0. The van der Waals surface area contributed by atoms with Gasteiger partial charge in [-0.2, -0.15) is 0 Å². The molecule has 0 aliphatic rings. The Morgan fingerprint density at radius 1 is 1.15 bits per heavy atom. The molecule has 0 unspecified atom stereocenters. The van der Waals surface area contributed by atoms with E-state index < -0.39 is 0 Å². The van der Waals surface area contributed by atoms with Crippen molar-refractivity contribution in [3.05, 3.63) is 35.9 Å². The number of hydrazine groups is 1. The monoisotopic (exact) mass is 293 g/mol. The SMILES string of the molecule is CC(C)C(=O)NC(=S)NNC(=O)CCc1ccccc1. The van der Waals surface area contributed by atoms with Gasteiger partial charge in [-0.25, -0.2) is 0 Å². The van der Waals surface area contributed by atoms with Crippen LogP contribution < -0.4 is 16.2 Å². The van der Waals surface area contributed by atoms with Crippen molar-refractivity contribution in [2.75, 3.05) is 0 Å². The van der Waals surface area contributed by atoms with Crippen LogP contribution in [0.2, 0.25) is 0 Å². The van der Waals surface area contributed by atoms with Crippen LogP contribution in [-0.2, 0) is 16.0 Å². The van der Waals surface area contributed by atoms with E-state index in [0.717, 1.165) is 5.56 Å². The van der Waals surface area contributed by atoms with Gasteiger partial charge in [0, 0.05) is 12.3 Å². The second-order valence-electron chi connectivity index (χ2n) is 4.63. The number of hydrogen-bond donors (Lipinski definition) is 3. The first-order valence-corrected chi connectivity index (χ1v) is 6.83. The molecule has 0 aliphatic carbocycles. The predicted molar refractivity (Wildman–Crippen MR) is 81.6 cm³/mol. The van der Waals surface area contributed by atoms with E-state index in [4.69, 9.17) is 12.2 Å². The standard InChI is InChI=1S/C14H19N3O2S/c1-10(2)13(19)15-14(20)17-16-12(18)9-8-11-6-4-3-5-7-11/h3-7,10H,8-9H2,1-2H3,(H,16,18)(H2,15,17,19,20). The van der Waals surface area contributed by atoms with Gasteiger partial charge < -0.3 is 5.32 Å². The van der Waals surface area contributed by atoms with Crippen LogP contribution in [0.3, 0.4) is 0 Å². The normalized spacial score (nSPS) is 9.95. The van der Waals surface area contributed by atoms with E-state index in [-0.39, 0.29) is 22.8 Å². The Labute approximate surface area is 124 Å². The number of thiocarbonyl (C=S) groups is 1. The van der Waals surface area contributed by atoms with Crippen molar-refractivity contribution in [3.63, 3.8) is 0 Å². The number of carbonyl (C=O) groups excluding carboxylic acids is 2. The molecule has 108 valence electrons. The molecule has 0 saturated heterocycles. The van der Waals surface area contributed by atoms with Gasteiger partial charge in [0.05, 0.1) is 0 Å². The lowest BCUT2D eigenvalue weighted by Crippen LogP contribution is -2.49. The molecule has 0 heterocycles. The number of amides is 2. The summed E-state index contributed by atoms with van der Waals surface area (Å²) in [5, 5.41) is 2.57. The molecule has 1 rings (SSSR count). The van der Waals surface area contributed by atoms with Crippen LogP contribution in [0.15, 0.2) is 30.3 Å². The quantitative estimate of drug-likeness (QED) is 0.578. The highest BCUT2D eigenvalue weighted by Gasteiger charge is 2.09. The first-order chi connectivity index (χ1) is 9.49. The van der Waals surface area contributed by atoms with E-state index in [1.165, 1.54) is 0 Å². The number of nitrogens with one attached hydrogen (secondary N) is 3. The largest absolute Gasteiger partial charge is 0.302 e. The number of aryl methyl sites for hydroxylation is 1. The molecule has 0 atom stereocenters. The second-order valence-corrected chi connectivity index (χ2v) is 5.04. The van der Waals surface area contributed by atoms with Gasteiger partial charge in [-0.1, -0.05) is 44.2 Å². The Kier molecular flexibility index (Phi) is 6.66. The van der Waals surface area contributed by atoms with Crippen molar-refractivity contribution in [2.24, 2.45) is 5.92 Å². The molecule has 0 bridgehead atoms. The molecule has 5 nitrogen and oxygen atoms in total. The third-order valence-corrected chi connectivity index (χ3v) is 2.76. The zero-order chi connectivity index (χ0) is 15.0. The van der Waals surface area contributed by atoms with Gasteiger partial charge >= 0.3 is 0 Å². The molecule has 0 radical (unpaired) electrons. The van der Waals surface area contributed by atoms with Gasteiger partial charge in [0.25, 0.3) is 0 Å². The third kappa shape index (κ3) is 6.29. The zero-order valence-electron chi connectivity index (χ0n) is 11.6. The first-order valence-electron chi connectivity index (χ1n) is 6.42. The maximum atomic E-state index is 11.6. The highest BCUT2D eigenvalue weighted by molar-refractivity contribution is 7.80. The lowest BCUT2D eigenvalue weighted by molar-refractivity contribution is -0.123. The number of hydrogen-bond acceptors (Lipinski definition) is 3. The van der Waals surface area contributed by atoms with Crippen molar-refractivity contribution >= 4 is 29.1 Å². The molecule has 1 aromatic carbocycles. The molecule has 0 spiro atoms. The van der Waals surface area contributed by atoms with Gasteiger partial charge in [-0.3, -0.25) is 20.4 Å². The lowest BCUT2D eigenvalue weighted by atomic mass is 10.1. The molecule has 3 N–H and O–H groups in total. The minimum absolute atomic E-state index is 0.0942.